The van der Waals surface area contributed by atoms with Gasteiger partial charge >= 0.3 is 0 Å². The average molecular weight is 391 g/mol. The number of aromatic nitrogens is 4. The molecule has 4 aromatic heterocycles. The normalized spacial score (nSPS) is 10.6. The molecule has 0 radical (unpaired) electrons. The number of carbonyl (C=O) groups is 2. The first kappa shape index (κ1) is 17.7. The Bertz CT molecular complexity index is 1120. The van der Waals surface area contributed by atoms with E-state index in [1.165, 1.54) is 18.7 Å². The van der Waals surface area contributed by atoms with E-state index in [1.54, 1.807) is 43.5 Å². The molecule has 4 heterocycles. The van der Waals surface area contributed by atoms with Gasteiger partial charge in [0.15, 0.2) is 10.9 Å². The molecule has 0 saturated heterocycles. The molecular formula is C19H13N5O3S. The molecule has 8 nitrogen and oxygen atoms in total. The molecule has 0 unspecified atom stereocenters. The summed E-state index contributed by atoms with van der Waals surface area (Å²) in [5.74, 6) is 0.268. The van der Waals surface area contributed by atoms with Gasteiger partial charge in [-0.3, -0.25) is 19.9 Å². The Hall–Kier alpha value is -3.72. The molecule has 28 heavy (non-hydrogen) atoms. The zero-order valence-corrected chi connectivity index (χ0v) is 15.4. The highest BCUT2D eigenvalue weighted by atomic mass is 32.1. The van der Waals surface area contributed by atoms with Crippen molar-refractivity contribution in [3.63, 3.8) is 0 Å². The fourth-order valence-corrected chi connectivity index (χ4v) is 3.31. The Morgan fingerprint density at radius 3 is 2.57 bits per heavy atom. The van der Waals surface area contributed by atoms with Crippen molar-refractivity contribution in [2.45, 2.75) is 6.92 Å². The molecular weight excluding hydrogens is 378 g/mol. The number of carbonyl (C=O) groups excluding carboxylic acids is 2. The Morgan fingerprint density at radius 2 is 1.89 bits per heavy atom. The SMILES string of the molecule is Cc1ncc(C(=O)Nc2nc(-c3ccco3)c(C(=O)c3ccccn3)s2)cn1. The van der Waals surface area contributed by atoms with Crippen LogP contribution in [0, 0.1) is 6.92 Å². The third kappa shape index (κ3) is 3.55. The highest BCUT2D eigenvalue weighted by molar-refractivity contribution is 7.18. The standard InChI is InChI=1S/C19H13N5O3S/c1-11-21-9-12(10-22-11)18(26)24-19-23-15(14-6-4-8-27-14)17(28-19)16(25)13-5-2-3-7-20-13/h2-10H,1H3,(H,23,24,26). The van der Waals surface area contributed by atoms with Gasteiger partial charge in [0.25, 0.3) is 5.91 Å². The van der Waals surface area contributed by atoms with E-state index in [0.29, 0.717) is 22.2 Å². The maximum Gasteiger partial charge on any atom is 0.260 e. The highest BCUT2D eigenvalue weighted by Gasteiger charge is 2.24. The lowest BCUT2D eigenvalue weighted by Crippen LogP contribution is -2.12. The second kappa shape index (κ2) is 7.49. The van der Waals surface area contributed by atoms with Crippen molar-refractivity contribution in [3.05, 3.63) is 77.1 Å². The molecule has 1 N–H and O–H groups in total. The molecule has 1 amide bonds. The summed E-state index contributed by atoms with van der Waals surface area (Å²) in [6.07, 6.45) is 5.89. The minimum absolute atomic E-state index is 0.260. The van der Waals surface area contributed by atoms with Crippen molar-refractivity contribution in [3.8, 4) is 11.5 Å². The fourth-order valence-electron chi connectivity index (χ4n) is 2.40. The topological polar surface area (TPSA) is 111 Å². The minimum Gasteiger partial charge on any atom is -0.463 e. The van der Waals surface area contributed by atoms with E-state index in [2.05, 4.69) is 25.3 Å². The summed E-state index contributed by atoms with van der Waals surface area (Å²) in [6, 6.07) is 8.48. The van der Waals surface area contributed by atoms with Gasteiger partial charge in [-0.05, 0) is 31.2 Å². The first-order valence-electron chi connectivity index (χ1n) is 8.22. The summed E-state index contributed by atoms with van der Waals surface area (Å²) in [7, 11) is 0. The molecule has 4 aromatic rings. The Morgan fingerprint density at radius 1 is 1.07 bits per heavy atom. The number of anilines is 1. The van der Waals surface area contributed by atoms with E-state index in [1.807, 2.05) is 0 Å². The molecule has 0 bridgehead atoms. The molecule has 0 atom stereocenters. The molecule has 138 valence electrons. The van der Waals surface area contributed by atoms with Crippen LogP contribution in [0.1, 0.15) is 31.5 Å². The smallest absolute Gasteiger partial charge is 0.260 e. The number of nitrogens with one attached hydrogen (secondary N) is 1. The molecule has 0 aliphatic carbocycles. The van der Waals surface area contributed by atoms with E-state index < -0.39 is 5.91 Å². The Kier molecular flexibility index (Phi) is 4.73. The number of nitrogens with zero attached hydrogens (tertiary/aromatic N) is 4. The lowest BCUT2D eigenvalue weighted by atomic mass is 10.1. The van der Waals surface area contributed by atoms with Crippen molar-refractivity contribution >= 4 is 28.2 Å². The highest BCUT2D eigenvalue weighted by Crippen LogP contribution is 2.33. The van der Waals surface area contributed by atoms with Crippen molar-refractivity contribution in [1.82, 2.24) is 19.9 Å². The van der Waals surface area contributed by atoms with Crippen molar-refractivity contribution < 1.29 is 14.0 Å². The van der Waals surface area contributed by atoms with Gasteiger partial charge in [-0.25, -0.2) is 15.0 Å². The van der Waals surface area contributed by atoms with Gasteiger partial charge in [0.05, 0.1) is 11.8 Å². The van der Waals surface area contributed by atoms with Gasteiger partial charge < -0.3 is 4.42 Å². The van der Waals surface area contributed by atoms with Crippen LogP contribution in [0.5, 0.6) is 0 Å². The monoisotopic (exact) mass is 391 g/mol. The number of furan rings is 1. The quantitative estimate of drug-likeness (QED) is 0.519. The predicted molar refractivity (Wildman–Crippen MR) is 102 cm³/mol. The summed E-state index contributed by atoms with van der Waals surface area (Å²) < 4.78 is 5.40. The first-order valence-corrected chi connectivity index (χ1v) is 9.04. The number of thiazole rings is 1. The second-order valence-electron chi connectivity index (χ2n) is 5.69. The molecule has 9 heteroatoms. The maximum atomic E-state index is 12.9. The maximum absolute atomic E-state index is 12.9. The van der Waals surface area contributed by atoms with Crippen LogP contribution < -0.4 is 5.32 Å². The van der Waals surface area contributed by atoms with Crippen LogP contribution in [-0.2, 0) is 0 Å². The van der Waals surface area contributed by atoms with Gasteiger partial charge in [0.2, 0.25) is 5.78 Å². The van der Waals surface area contributed by atoms with E-state index in [9.17, 15) is 9.59 Å². The summed E-state index contributed by atoms with van der Waals surface area (Å²) >= 11 is 1.05. The number of aryl methyl sites for hydroxylation is 1. The lowest BCUT2D eigenvalue weighted by molar-refractivity contribution is 0.102. The summed E-state index contributed by atoms with van der Waals surface area (Å²) in [6.45, 7) is 1.73. The van der Waals surface area contributed by atoms with Gasteiger partial charge in [-0.2, -0.15) is 0 Å². The number of hydrogen-bond donors (Lipinski definition) is 1. The van der Waals surface area contributed by atoms with Crippen LogP contribution in [0.4, 0.5) is 5.13 Å². The molecule has 4 rings (SSSR count). The van der Waals surface area contributed by atoms with E-state index in [4.69, 9.17) is 4.42 Å². The molecule has 0 aromatic carbocycles. The fraction of sp³-hybridized carbons (Fsp3) is 0.0526. The van der Waals surface area contributed by atoms with Crippen LogP contribution in [-0.4, -0.2) is 31.6 Å². The zero-order chi connectivity index (χ0) is 19.5. The van der Waals surface area contributed by atoms with E-state index in [0.717, 1.165) is 11.3 Å². The Labute approximate surface area is 163 Å². The van der Waals surface area contributed by atoms with Crippen LogP contribution >= 0.6 is 11.3 Å². The lowest BCUT2D eigenvalue weighted by Gasteiger charge is -2.00. The average Bonchev–Trinajstić information content (AvgIpc) is 3.38. The van der Waals surface area contributed by atoms with E-state index in [-0.39, 0.29) is 22.2 Å². The second-order valence-corrected chi connectivity index (χ2v) is 6.69. The number of amides is 1. The third-order valence-corrected chi connectivity index (χ3v) is 4.72. The van der Waals surface area contributed by atoms with Crippen LogP contribution in [0.15, 0.2) is 59.6 Å². The molecule has 0 aliphatic rings. The van der Waals surface area contributed by atoms with Gasteiger partial charge in [-0.1, -0.05) is 17.4 Å². The molecule has 0 saturated carbocycles. The summed E-state index contributed by atoms with van der Waals surface area (Å²) in [4.78, 5) is 42.2. The number of hydrogen-bond acceptors (Lipinski definition) is 8. The predicted octanol–water partition coefficient (Wildman–Crippen LogP) is 3.38. The number of pyridine rings is 1. The van der Waals surface area contributed by atoms with Crippen molar-refractivity contribution in [2.75, 3.05) is 5.32 Å². The molecule has 0 aliphatic heterocycles. The van der Waals surface area contributed by atoms with Crippen LogP contribution in [0.25, 0.3) is 11.5 Å². The summed E-state index contributed by atoms with van der Waals surface area (Å²) in [5, 5.41) is 2.94. The molecule has 0 spiro atoms. The van der Waals surface area contributed by atoms with Crippen LogP contribution in [0.3, 0.4) is 0 Å². The first-order chi connectivity index (χ1) is 13.6. The summed E-state index contributed by atoms with van der Waals surface area (Å²) in [5.41, 5.74) is 0.919. The van der Waals surface area contributed by atoms with Gasteiger partial charge in [-0.15, -0.1) is 0 Å². The minimum atomic E-state index is -0.420. The largest absolute Gasteiger partial charge is 0.463 e. The van der Waals surface area contributed by atoms with Crippen molar-refractivity contribution in [2.24, 2.45) is 0 Å². The van der Waals surface area contributed by atoms with E-state index >= 15 is 0 Å². The number of ketones is 1. The third-order valence-electron chi connectivity index (χ3n) is 3.75. The van der Waals surface area contributed by atoms with Crippen molar-refractivity contribution in [1.29, 1.82) is 0 Å². The molecule has 0 fully saturated rings. The zero-order valence-electron chi connectivity index (χ0n) is 14.6. The van der Waals surface area contributed by atoms with Crippen LogP contribution in [0.2, 0.25) is 0 Å². The Balaban J connectivity index is 1.68. The van der Waals surface area contributed by atoms with Gasteiger partial charge in [0.1, 0.15) is 22.1 Å². The van der Waals surface area contributed by atoms with Gasteiger partial charge in [0, 0.05) is 18.6 Å². The number of rotatable bonds is 5.